The van der Waals surface area contributed by atoms with Gasteiger partial charge >= 0.3 is 0 Å². The van der Waals surface area contributed by atoms with Gasteiger partial charge in [0, 0.05) is 11.4 Å². The van der Waals surface area contributed by atoms with E-state index < -0.39 is 0 Å². The molecule has 1 heterocycles. The van der Waals surface area contributed by atoms with Crippen molar-refractivity contribution in [1.29, 1.82) is 0 Å². The predicted octanol–water partition coefficient (Wildman–Crippen LogP) is 0.306. The second-order valence-electron chi connectivity index (χ2n) is 3.74. The maximum atomic E-state index is 11.2. The van der Waals surface area contributed by atoms with Crippen LogP contribution in [0.3, 0.4) is 0 Å². The number of anilines is 1. The van der Waals surface area contributed by atoms with E-state index in [9.17, 15) is 9.59 Å². The maximum absolute atomic E-state index is 11.2. The summed E-state index contributed by atoms with van der Waals surface area (Å²) in [5.41, 5.74) is 6.87. The zero-order chi connectivity index (χ0) is 12.3. The van der Waals surface area contributed by atoms with E-state index in [-0.39, 0.29) is 18.4 Å². The number of carbonyl (C=O) groups excluding carboxylic acids is 2. The number of thioether (sulfide) groups is 1. The first-order valence-corrected chi connectivity index (χ1v) is 6.18. The maximum Gasteiger partial charge on any atom is 0.234 e. The van der Waals surface area contributed by atoms with Crippen LogP contribution in [-0.2, 0) is 16.1 Å². The fraction of sp³-hybridized carbons (Fsp3) is 0.273. The summed E-state index contributed by atoms with van der Waals surface area (Å²) in [7, 11) is 0. The van der Waals surface area contributed by atoms with Crippen molar-refractivity contribution in [2.45, 2.75) is 11.4 Å². The van der Waals surface area contributed by atoms with E-state index in [4.69, 9.17) is 5.73 Å². The normalized spacial score (nSPS) is 14.0. The third-order valence-electron chi connectivity index (χ3n) is 2.31. The van der Waals surface area contributed by atoms with Gasteiger partial charge in [-0.2, -0.15) is 0 Å². The molecule has 1 aromatic rings. The average molecular weight is 251 g/mol. The van der Waals surface area contributed by atoms with Crippen molar-refractivity contribution < 1.29 is 9.59 Å². The van der Waals surface area contributed by atoms with Gasteiger partial charge < -0.3 is 16.4 Å². The SMILES string of the molecule is NC(=O)CNCc1ccc2c(c1)NC(=O)CS2. The number of hydrogen-bond donors (Lipinski definition) is 3. The van der Waals surface area contributed by atoms with Crippen molar-refractivity contribution in [3.63, 3.8) is 0 Å². The van der Waals surface area contributed by atoms with E-state index >= 15 is 0 Å². The molecule has 0 saturated heterocycles. The number of fused-ring (bicyclic) bond motifs is 1. The van der Waals surface area contributed by atoms with Gasteiger partial charge in [0.1, 0.15) is 0 Å². The van der Waals surface area contributed by atoms with E-state index in [0.29, 0.717) is 12.3 Å². The smallest absolute Gasteiger partial charge is 0.234 e. The minimum atomic E-state index is -0.383. The molecule has 0 aliphatic carbocycles. The Labute approximate surface area is 103 Å². The topological polar surface area (TPSA) is 84.2 Å². The van der Waals surface area contributed by atoms with Crippen LogP contribution in [0.15, 0.2) is 23.1 Å². The van der Waals surface area contributed by atoms with Crippen LogP contribution < -0.4 is 16.4 Å². The third kappa shape index (κ3) is 3.21. The molecule has 0 fully saturated rings. The molecule has 6 heteroatoms. The lowest BCUT2D eigenvalue weighted by atomic mass is 10.2. The highest BCUT2D eigenvalue weighted by molar-refractivity contribution is 8.00. The van der Waals surface area contributed by atoms with Crippen molar-refractivity contribution in [3.05, 3.63) is 23.8 Å². The van der Waals surface area contributed by atoms with Crippen molar-refractivity contribution >= 4 is 29.3 Å². The van der Waals surface area contributed by atoms with Crippen LogP contribution in [0, 0.1) is 0 Å². The number of carbonyl (C=O) groups is 2. The third-order valence-corrected chi connectivity index (χ3v) is 3.38. The first-order chi connectivity index (χ1) is 8.15. The van der Waals surface area contributed by atoms with Crippen LogP contribution in [0.25, 0.3) is 0 Å². The summed E-state index contributed by atoms with van der Waals surface area (Å²) in [6, 6.07) is 5.85. The number of hydrogen-bond acceptors (Lipinski definition) is 4. The average Bonchev–Trinajstić information content (AvgIpc) is 2.28. The van der Waals surface area contributed by atoms with Crippen LogP contribution in [-0.4, -0.2) is 24.1 Å². The predicted molar refractivity (Wildman–Crippen MR) is 66.7 cm³/mol. The van der Waals surface area contributed by atoms with Crippen molar-refractivity contribution in [3.8, 4) is 0 Å². The lowest BCUT2D eigenvalue weighted by Gasteiger charge is -2.17. The van der Waals surface area contributed by atoms with Gasteiger partial charge in [-0.3, -0.25) is 9.59 Å². The van der Waals surface area contributed by atoms with E-state index in [2.05, 4.69) is 10.6 Å². The molecule has 5 nitrogen and oxygen atoms in total. The summed E-state index contributed by atoms with van der Waals surface area (Å²) >= 11 is 1.53. The van der Waals surface area contributed by atoms with Gasteiger partial charge in [0.15, 0.2) is 0 Å². The Balaban J connectivity index is 2.02. The van der Waals surface area contributed by atoms with Crippen LogP contribution in [0.5, 0.6) is 0 Å². The number of nitrogens with two attached hydrogens (primary N) is 1. The van der Waals surface area contributed by atoms with E-state index in [1.165, 1.54) is 11.8 Å². The molecule has 0 bridgehead atoms. The Hall–Kier alpha value is -1.53. The minimum absolute atomic E-state index is 0.0183. The molecule has 0 aromatic heterocycles. The number of primary amides is 1. The number of amides is 2. The van der Waals surface area contributed by atoms with Crippen molar-refractivity contribution in [2.75, 3.05) is 17.6 Å². The highest BCUT2D eigenvalue weighted by Crippen LogP contribution is 2.31. The molecule has 0 radical (unpaired) electrons. The van der Waals surface area contributed by atoms with Crippen LogP contribution in [0.4, 0.5) is 5.69 Å². The van der Waals surface area contributed by atoms with Gasteiger partial charge in [-0.1, -0.05) is 6.07 Å². The second kappa shape index (κ2) is 5.20. The fourth-order valence-corrected chi connectivity index (χ4v) is 2.36. The van der Waals surface area contributed by atoms with Crippen molar-refractivity contribution in [1.82, 2.24) is 5.32 Å². The first kappa shape index (κ1) is 11.9. The molecule has 0 atom stereocenters. The molecular formula is C11H13N3O2S. The Morgan fingerprint density at radius 3 is 3.12 bits per heavy atom. The standard InChI is InChI=1S/C11H13N3O2S/c12-10(15)5-13-4-7-1-2-9-8(3-7)14-11(16)6-17-9/h1-3,13H,4-6H2,(H2,12,15)(H,14,16). The number of nitrogens with one attached hydrogen (secondary N) is 2. The molecule has 0 unspecified atom stereocenters. The summed E-state index contributed by atoms with van der Waals surface area (Å²) in [6.45, 7) is 0.703. The monoisotopic (exact) mass is 251 g/mol. The van der Waals surface area contributed by atoms with Crippen LogP contribution >= 0.6 is 11.8 Å². The van der Waals surface area contributed by atoms with Gasteiger partial charge in [0.05, 0.1) is 18.0 Å². The highest BCUT2D eigenvalue weighted by atomic mass is 32.2. The zero-order valence-corrected chi connectivity index (χ0v) is 9.97. The summed E-state index contributed by atoms with van der Waals surface area (Å²) < 4.78 is 0. The minimum Gasteiger partial charge on any atom is -0.369 e. The van der Waals surface area contributed by atoms with Crippen LogP contribution in [0.1, 0.15) is 5.56 Å². The van der Waals surface area contributed by atoms with Gasteiger partial charge in [-0.25, -0.2) is 0 Å². The summed E-state index contributed by atoms with van der Waals surface area (Å²) in [5, 5.41) is 5.75. The zero-order valence-electron chi connectivity index (χ0n) is 9.16. The number of rotatable bonds is 4. The molecule has 2 rings (SSSR count). The Kier molecular flexibility index (Phi) is 3.65. The van der Waals surface area contributed by atoms with Gasteiger partial charge in [-0.05, 0) is 17.7 Å². The molecule has 1 aromatic carbocycles. The van der Waals surface area contributed by atoms with Crippen LogP contribution in [0.2, 0.25) is 0 Å². The molecule has 90 valence electrons. The van der Waals surface area contributed by atoms with Gasteiger partial charge in [0.2, 0.25) is 11.8 Å². The summed E-state index contributed by atoms with van der Waals surface area (Å²) in [4.78, 5) is 22.9. The second-order valence-corrected chi connectivity index (χ2v) is 4.75. The quantitative estimate of drug-likeness (QED) is 0.719. The molecular weight excluding hydrogens is 238 g/mol. The lowest BCUT2D eigenvalue weighted by Crippen LogP contribution is -2.28. The molecule has 0 spiro atoms. The molecule has 1 aliphatic heterocycles. The lowest BCUT2D eigenvalue weighted by molar-refractivity contribution is -0.117. The highest BCUT2D eigenvalue weighted by Gasteiger charge is 2.15. The summed E-state index contributed by atoms with van der Waals surface area (Å²) in [6.07, 6.45) is 0. The molecule has 1 aliphatic rings. The number of benzene rings is 1. The largest absolute Gasteiger partial charge is 0.369 e. The fourth-order valence-electron chi connectivity index (χ4n) is 1.57. The summed E-state index contributed by atoms with van der Waals surface area (Å²) in [5.74, 6) is 0.100. The van der Waals surface area contributed by atoms with Gasteiger partial charge in [-0.15, -0.1) is 11.8 Å². The van der Waals surface area contributed by atoms with E-state index in [1.807, 2.05) is 18.2 Å². The molecule has 4 N–H and O–H groups in total. The Bertz CT molecular complexity index is 462. The van der Waals surface area contributed by atoms with E-state index in [0.717, 1.165) is 16.1 Å². The van der Waals surface area contributed by atoms with E-state index in [1.54, 1.807) is 0 Å². The molecule has 2 amide bonds. The first-order valence-electron chi connectivity index (χ1n) is 5.20. The Morgan fingerprint density at radius 1 is 1.53 bits per heavy atom. The molecule has 17 heavy (non-hydrogen) atoms. The Morgan fingerprint density at radius 2 is 2.35 bits per heavy atom. The molecule has 0 saturated carbocycles. The van der Waals surface area contributed by atoms with Crippen molar-refractivity contribution in [2.24, 2.45) is 5.73 Å². The van der Waals surface area contributed by atoms with Gasteiger partial charge in [0.25, 0.3) is 0 Å².